The molecule has 0 saturated heterocycles. The van der Waals surface area contributed by atoms with E-state index in [0.29, 0.717) is 11.0 Å². The maximum Gasteiger partial charge on any atom is 0.133 e. The fraction of sp³-hybridized carbons (Fsp3) is 0.286. The lowest BCUT2D eigenvalue weighted by Crippen LogP contribution is -2.05. The zero-order valence-electron chi connectivity index (χ0n) is 10.6. The van der Waals surface area contributed by atoms with Crippen LogP contribution in [-0.4, -0.2) is 16.1 Å². The smallest absolute Gasteiger partial charge is 0.133 e. The Balaban J connectivity index is 2.28. The van der Waals surface area contributed by atoms with E-state index in [1.54, 1.807) is 6.07 Å². The van der Waals surface area contributed by atoms with E-state index in [4.69, 9.17) is 16.3 Å². The van der Waals surface area contributed by atoms with Crippen LogP contribution in [0.4, 0.5) is 0 Å². The van der Waals surface area contributed by atoms with E-state index < -0.39 is 0 Å². The molecule has 0 spiro atoms. The van der Waals surface area contributed by atoms with Gasteiger partial charge < -0.3 is 4.74 Å². The number of hydrogen-bond donors (Lipinski definition) is 0. The van der Waals surface area contributed by atoms with Crippen molar-refractivity contribution in [2.75, 3.05) is 0 Å². The minimum absolute atomic E-state index is 0.173. The molecule has 0 N–H and O–H groups in total. The molecular formula is C14H15ClN2O. The van der Waals surface area contributed by atoms with Crippen molar-refractivity contribution in [3.63, 3.8) is 0 Å². The van der Waals surface area contributed by atoms with Gasteiger partial charge in [0.25, 0.3) is 0 Å². The Hall–Kier alpha value is -1.61. The van der Waals surface area contributed by atoms with Gasteiger partial charge in [0.15, 0.2) is 0 Å². The molecule has 18 heavy (non-hydrogen) atoms. The number of halogens is 1. The van der Waals surface area contributed by atoms with Crippen LogP contribution in [0.3, 0.4) is 0 Å². The van der Waals surface area contributed by atoms with Crippen molar-refractivity contribution in [2.45, 2.75) is 26.9 Å². The molecule has 1 aromatic carbocycles. The summed E-state index contributed by atoms with van der Waals surface area (Å²) in [5, 5.41) is 0.458. The minimum atomic E-state index is 0.173. The standard InChI is InChI=1S/C14H15ClN2O/c1-9(2)18-12-6-4-11(5-7-12)13-8-14(15)17-10(3)16-13/h4-9H,1-3H3. The summed E-state index contributed by atoms with van der Waals surface area (Å²) in [4.78, 5) is 8.40. The average molecular weight is 263 g/mol. The Morgan fingerprint density at radius 3 is 2.33 bits per heavy atom. The molecule has 0 aliphatic heterocycles. The Morgan fingerprint density at radius 2 is 1.78 bits per heavy atom. The second-order valence-electron chi connectivity index (χ2n) is 4.31. The monoisotopic (exact) mass is 262 g/mol. The third kappa shape index (κ3) is 3.20. The number of benzene rings is 1. The second kappa shape index (κ2) is 5.36. The lowest BCUT2D eigenvalue weighted by Gasteiger charge is -2.10. The van der Waals surface area contributed by atoms with Gasteiger partial charge >= 0.3 is 0 Å². The molecule has 0 bridgehead atoms. The molecule has 0 unspecified atom stereocenters. The third-order valence-electron chi connectivity index (χ3n) is 2.33. The molecule has 0 atom stereocenters. The van der Waals surface area contributed by atoms with E-state index in [1.807, 2.05) is 45.0 Å². The molecule has 0 fully saturated rings. The Morgan fingerprint density at radius 1 is 1.11 bits per heavy atom. The molecular weight excluding hydrogens is 248 g/mol. The molecule has 1 heterocycles. The van der Waals surface area contributed by atoms with Gasteiger partial charge in [-0.15, -0.1) is 0 Å². The third-order valence-corrected chi connectivity index (χ3v) is 2.52. The first-order valence-electron chi connectivity index (χ1n) is 5.83. The summed E-state index contributed by atoms with van der Waals surface area (Å²) in [5.74, 6) is 1.52. The number of hydrogen-bond acceptors (Lipinski definition) is 3. The van der Waals surface area contributed by atoms with Gasteiger partial charge in [0.05, 0.1) is 11.8 Å². The van der Waals surface area contributed by atoms with Gasteiger partial charge in [-0.2, -0.15) is 0 Å². The van der Waals surface area contributed by atoms with Crippen LogP contribution in [0.1, 0.15) is 19.7 Å². The van der Waals surface area contributed by atoms with E-state index >= 15 is 0 Å². The highest BCUT2D eigenvalue weighted by molar-refractivity contribution is 6.29. The number of nitrogens with zero attached hydrogens (tertiary/aromatic N) is 2. The molecule has 4 heteroatoms. The summed E-state index contributed by atoms with van der Waals surface area (Å²) in [5.41, 5.74) is 1.82. The molecule has 0 radical (unpaired) electrons. The lowest BCUT2D eigenvalue weighted by molar-refractivity contribution is 0.242. The SMILES string of the molecule is Cc1nc(Cl)cc(-c2ccc(OC(C)C)cc2)n1. The van der Waals surface area contributed by atoms with E-state index in [1.165, 1.54) is 0 Å². The first-order chi connectivity index (χ1) is 8.54. The van der Waals surface area contributed by atoms with E-state index in [-0.39, 0.29) is 6.10 Å². The van der Waals surface area contributed by atoms with Crippen molar-refractivity contribution in [1.82, 2.24) is 9.97 Å². The van der Waals surface area contributed by atoms with Gasteiger partial charge in [0, 0.05) is 11.6 Å². The summed E-state index contributed by atoms with van der Waals surface area (Å²) in [6.45, 7) is 5.83. The number of ether oxygens (including phenoxy) is 1. The van der Waals surface area contributed by atoms with E-state index in [0.717, 1.165) is 17.0 Å². The van der Waals surface area contributed by atoms with Crippen LogP contribution in [0.2, 0.25) is 5.15 Å². The normalized spacial score (nSPS) is 10.7. The average Bonchev–Trinajstić information content (AvgIpc) is 2.27. The van der Waals surface area contributed by atoms with Crippen LogP contribution in [0.25, 0.3) is 11.3 Å². The van der Waals surface area contributed by atoms with Crippen LogP contribution in [-0.2, 0) is 0 Å². The van der Waals surface area contributed by atoms with Crippen molar-refractivity contribution in [1.29, 1.82) is 0 Å². The lowest BCUT2D eigenvalue weighted by atomic mass is 10.1. The fourth-order valence-electron chi connectivity index (χ4n) is 1.66. The number of aryl methyl sites for hydroxylation is 1. The Labute approximate surface area is 112 Å². The molecule has 1 aromatic heterocycles. The highest BCUT2D eigenvalue weighted by Gasteiger charge is 2.04. The summed E-state index contributed by atoms with van der Waals surface area (Å²) < 4.78 is 5.59. The molecule has 0 aliphatic carbocycles. The van der Waals surface area contributed by atoms with Gasteiger partial charge in [-0.1, -0.05) is 11.6 Å². The largest absolute Gasteiger partial charge is 0.491 e. The van der Waals surface area contributed by atoms with Gasteiger partial charge in [-0.25, -0.2) is 9.97 Å². The Bertz CT molecular complexity index is 518. The van der Waals surface area contributed by atoms with Crippen molar-refractivity contribution >= 4 is 11.6 Å². The van der Waals surface area contributed by atoms with E-state index in [2.05, 4.69) is 9.97 Å². The van der Waals surface area contributed by atoms with Crippen LogP contribution >= 0.6 is 11.6 Å². The Kier molecular flexibility index (Phi) is 3.82. The molecule has 94 valence electrons. The highest BCUT2D eigenvalue weighted by Crippen LogP contribution is 2.23. The molecule has 0 aliphatic rings. The van der Waals surface area contributed by atoms with Gasteiger partial charge in [0.1, 0.15) is 16.7 Å². The summed E-state index contributed by atoms with van der Waals surface area (Å²) >= 11 is 5.92. The van der Waals surface area contributed by atoms with Crippen LogP contribution < -0.4 is 4.74 Å². The second-order valence-corrected chi connectivity index (χ2v) is 4.70. The maximum atomic E-state index is 5.92. The van der Waals surface area contributed by atoms with Crippen molar-refractivity contribution < 1.29 is 4.74 Å². The first kappa shape index (κ1) is 12.8. The minimum Gasteiger partial charge on any atom is -0.491 e. The quantitative estimate of drug-likeness (QED) is 0.787. The zero-order valence-corrected chi connectivity index (χ0v) is 11.4. The number of rotatable bonds is 3. The molecule has 3 nitrogen and oxygen atoms in total. The first-order valence-corrected chi connectivity index (χ1v) is 6.20. The van der Waals surface area contributed by atoms with Gasteiger partial charge in [-0.05, 0) is 45.0 Å². The van der Waals surface area contributed by atoms with E-state index in [9.17, 15) is 0 Å². The fourth-order valence-corrected chi connectivity index (χ4v) is 1.88. The summed E-state index contributed by atoms with van der Waals surface area (Å²) in [6, 6.07) is 9.56. The summed E-state index contributed by atoms with van der Waals surface area (Å²) in [7, 11) is 0. The van der Waals surface area contributed by atoms with Crippen molar-refractivity contribution in [3.8, 4) is 17.0 Å². The summed E-state index contributed by atoms with van der Waals surface area (Å²) in [6.07, 6.45) is 0.173. The van der Waals surface area contributed by atoms with Crippen molar-refractivity contribution in [3.05, 3.63) is 41.3 Å². The topological polar surface area (TPSA) is 35.0 Å². The molecule has 2 aromatic rings. The maximum absolute atomic E-state index is 5.92. The van der Waals surface area contributed by atoms with Crippen LogP contribution in [0.5, 0.6) is 5.75 Å². The van der Waals surface area contributed by atoms with Crippen LogP contribution in [0, 0.1) is 6.92 Å². The molecule has 2 rings (SSSR count). The predicted molar refractivity (Wildman–Crippen MR) is 73.0 cm³/mol. The number of aromatic nitrogens is 2. The highest BCUT2D eigenvalue weighted by atomic mass is 35.5. The zero-order chi connectivity index (χ0) is 13.1. The predicted octanol–water partition coefficient (Wildman–Crippen LogP) is 3.89. The van der Waals surface area contributed by atoms with Crippen LogP contribution in [0.15, 0.2) is 30.3 Å². The van der Waals surface area contributed by atoms with Crippen molar-refractivity contribution in [2.24, 2.45) is 0 Å². The van der Waals surface area contributed by atoms with Gasteiger partial charge in [-0.3, -0.25) is 0 Å². The van der Waals surface area contributed by atoms with Gasteiger partial charge in [0.2, 0.25) is 0 Å². The molecule has 0 saturated carbocycles. The molecule has 0 amide bonds.